The predicted octanol–water partition coefficient (Wildman–Crippen LogP) is 2.70. The zero-order valence-corrected chi connectivity index (χ0v) is 14.8. The summed E-state index contributed by atoms with van der Waals surface area (Å²) in [5.41, 5.74) is 0. The number of nitrogens with one attached hydrogen (secondary N) is 1. The van der Waals surface area contributed by atoms with Crippen LogP contribution in [0.2, 0.25) is 0 Å². The molecule has 23 heavy (non-hydrogen) atoms. The molecular formula is C17H27N3O2S. The maximum atomic E-state index is 12.5. The number of nitrogens with zero attached hydrogens (tertiary/aromatic N) is 2. The summed E-state index contributed by atoms with van der Waals surface area (Å²) in [5, 5.41) is 5.19. The lowest BCUT2D eigenvalue weighted by Gasteiger charge is -2.35. The molecule has 3 heterocycles. The summed E-state index contributed by atoms with van der Waals surface area (Å²) in [6.07, 6.45) is 2.72. The van der Waals surface area contributed by atoms with Gasteiger partial charge < -0.3 is 15.0 Å². The van der Waals surface area contributed by atoms with Crippen LogP contribution in [0.5, 0.6) is 0 Å². The van der Waals surface area contributed by atoms with Crippen molar-refractivity contribution in [2.24, 2.45) is 0 Å². The van der Waals surface area contributed by atoms with E-state index < -0.39 is 0 Å². The van der Waals surface area contributed by atoms with Gasteiger partial charge in [0.15, 0.2) is 0 Å². The van der Waals surface area contributed by atoms with Gasteiger partial charge in [-0.15, -0.1) is 11.3 Å². The molecule has 0 spiro atoms. The molecule has 0 radical (unpaired) electrons. The van der Waals surface area contributed by atoms with E-state index in [-0.39, 0.29) is 24.3 Å². The Balaban J connectivity index is 1.46. The number of rotatable bonds is 4. The van der Waals surface area contributed by atoms with Crippen molar-refractivity contribution in [3.63, 3.8) is 0 Å². The number of likely N-dealkylation sites (tertiary alicyclic amines) is 1. The molecule has 1 aromatic heterocycles. The van der Waals surface area contributed by atoms with Crippen LogP contribution in [-0.2, 0) is 4.74 Å². The topological polar surface area (TPSA) is 44.8 Å². The van der Waals surface area contributed by atoms with Crippen LogP contribution in [-0.4, -0.2) is 60.8 Å². The Labute approximate surface area is 142 Å². The first kappa shape index (κ1) is 16.7. The molecule has 2 saturated heterocycles. The molecule has 2 amide bonds. The molecule has 2 fully saturated rings. The number of ether oxygens (including phenoxy) is 1. The van der Waals surface area contributed by atoms with Crippen molar-refractivity contribution < 1.29 is 9.53 Å². The van der Waals surface area contributed by atoms with Crippen molar-refractivity contribution in [1.29, 1.82) is 0 Å². The van der Waals surface area contributed by atoms with Crippen LogP contribution in [0.25, 0.3) is 0 Å². The lowest BCUT2D eigenvalue weighted by Crippen LogP contribution is -2.49. The molecule has 1 aromatic rings. The van der Waals surface area contributed by atoms with Gasteiger partial charge in [0.25, 0.3) is 0 Å². The molecular weight excluding hydrogens is 310 g/mol. The highest BCUT2D eigenvalue weighted by Gasteiger charge is 2.30. The number of amides is 2. The standard InChI is InChI=1S/C17H27N3O2S/c1-13-11-19(12-14(2)22-13)9-7-18-17(21)20-8-3-5-15(20)16-6-4-10-23-16/h4,6,10,13-15H,3,5,7-9,11-12H2,1-2H3,(H,18,21)/t13-,14-,15-/m1/s1. The molecule has 128 valence electrons. The number of carbonyl (C=O) groups excluding carboxylic acids is 1. The maximum Gasteiger partial charge on any atom is 0.317 e. The number of urea groups is 1. The van der Waals surface area contributed by atoms with Crippen LogP contribution in [0.3, 0.4) is 0 Å². The smallest absolute Gasteiger partial charge is 0.317 e. The molecule has 5 nitrogen and oxygen atoms in total. The average molecular weight is 337 g/mol. The van der Waals surface area contributed by atoms with Crippen molar-refractivity contribution in [2.45, 2.75) is 44.9 Å². The van der Waals surface area contributed by atoms with Crippen molar-refractivity contribution >= 4 is 17.4 Å². The number of thiophene rings is 1. The van der Waals surface area contributed by atoms with Gasteiger partial charge in [-0.05, 0) is 38.1 Å². The third-order valence-corrected chi connectivity index (χ3v) is 5.56. The Morgan fingerprint density at radius 2 is 2.17 bits per heavy atom. The number of morpholine rings is 1. The van der Waals surface area contributed by atoms with E-state index >= 15 is 0 Å². The van der Waals surface area contributed by atoms with Crippen LogP contribution in [0.15, 0.2) is 17.5 Å². The van der Waals surface area contributed by atoms with E-state index in [1.54, 1.807) is 11.3 Å². The third-order valence-electron chi connectivity index (χ3n) is 4.58. The summed E-state index contributed by atoms with van der Waals surface area (Å²) < 4.78 is 5.74. The highest BCUT2D eigenvalue weighted by Crippen LogP contribution is 2.34. The Morgan fingerprint density at radius 3 is 2.87 bits per heavy atom. The van der Waals surface area contributed by atoms with Crippen LogP contribution in [0.4, 0.5) is 4.79 Å². The van der Waals surface area contributed by atoms with Gasteiger partial charge in [-0.25, -0.2) is 4.79 Å². The Hall–Kier alpha value is -1.11. The Morgan fingerprint density at radius 1 is 1.39 bits per heavy atom. The largest absolute Gasteiger partial charge is 0.373 e. The van der Waals surface area contributed by atoms with Gasteiger partial charge >= 0.3 is 6.03 Å². The van der Waals surface area contributed by atoms with E-state index in [1.807, 2.05) is 4.90 Å². The molecule has 3 rings (SSSR count). The van der Waals surface area contributed by atoms with Crippen molar-refractivity contribution in [3.05, 3.63) is 22.4 Å². The van der Waals surface area contributed by atoms with E-state index in [0.717, 1.165) is 39.0 Å². The molecule has 0 unspecified atom stereocenters. The molecule has 2 aliphatic heterocycles. The first-order chi connectivity index (χ1) is 11.1. The Kier molecular flexibility index (Phi) is 5.56. The molecule has 0 bridgehead atoms. The fourth-order valence-corrected chi connectivity index (χ4v) is 4.55. The van der Waals surface area contributed by atoms with Gasteiger partial charge in [-0.2, -0.15) is 0 Å². The van der Waals surface area contributed by atoms with Gasteiger partial charge in [0, 0.05) is 37.6 Å². The molecule has 0 aromatic carbocycles. The predicted molar refractivity (Wildman–Crippen MR) is 92.8 cm³/mol. The molecule has 1 N–H and O–H groups in total. The summed E-state index contributed by atoms with van der Waals surface area (Å²) in [6.45, 7) is 8.56. The second-order valence-corrected chi connectivity index (χ2v) is 7.59. The van der Waals surface area contributed by atoms with E-state index in [0.29, 0.717) is 6.54 Å². The normalized spacial score (nSPS) is 29.0. The average Bonchev–Trinajstić information content (AvgIpc) is 3.17. The summed E-state index contributed by atoms with van der Waals surface area (Å²) in [6, 6.07) is 4.54. The SMILES string of the molecule is C[C@@H]1CN(CCNC(=O)N2CCC[C@@H]2c2cccs2)C[C@@H](C)O1. The molecule has 3 atom stereocenters. The van der Waals surface area contributed by atoms with Crippen LogP contribution in [0, 0.1) is 0 Å². The second kappa shape index (κ2) is 7.64. The van der Waals surface area contributed by atoms with Gasteiger partial charge in [0.05, 0.1) is 18.2 Å². The van der Waals surface area contributed by atoms with Gasteiger partial charge in [0.1, 0.15) is 0 Å². The summed E-state index contributed by atoms with van der Waals surface area (Å²) in [4.78, 5) is 18.2. The van der Waals surface area contributed by atoms with E-state index in [1.165, 1.54) is 4.88 Å². The van der Waals surface area contributed by atoms with Crippen molar-refractivity contribution in [2.75, 3.05) is 32.7 Å². The van der Waals surface area contributed by atoms with Crippen molar-refractivity contribution in [1.82, 2.24) is 15.1 Å². The number of hydrogen-bond acceptors (Lipinski definition) is 4. The second-order valence-electron chi connectivity index (χ2n) is 6.62. The summed E-state index contributed by atoms with van der Waals surface area (Å²) >= 11 is 1.74. The van der Waals surface area contributed by atoms with Crippen LogP contribution < -0.4 is 5.32 Å². The van der Waals surface area contributed by atoms with E-state index in [4.69, 9.17) is 4.74 Å². The number of hydrogen-bond donors (Lipinski definition) is 1. The van der Waals surface area contributed by atoms with E-state index in [2.05, 4.69) is 41.6 Å². The first-order valence-corrected chi connectivity index (χ1v) is 9.47. The lowest BCUT2D eigenvalue weighted by molar-refractivity contribution is -0.0672. The highest BCUT2D eigenvalue weighted by atomic mass is 32.1. The third kappa shape index (κ3) is 4.25. The van der Waals surface area contributed by atoms with Gasteiger partial charge in [-0.3, -0.25) is 4.90 Å². The van der Waals surface area contributed by atoms with Crippen LogP contribution in [0.1, 0.15) is 37.6 Å². The fraction of sp³-hybridized carbons (Fsp3) is 0.706. The van der Waals surface area contributed by atoms with Crippen molar-refractivity contribution in [3.8, 4) is 0 Å². The van der Waals surface area contributed by atoms with Gasteiger partial charge in [-0.1, -0.05) is 6.07 Å². The molecule has 0 saturated carbocycles. The minimum absolute atomic E-state index is 0.0789. The fourth-order valence-electron chi connectivity index (χ4n) is 3.68. The Bertz CT molecular complexity index is 498. The molecule has 6 heteroatoms. The molecule has 2 aliphatic rings. The lowest BCUT2D eigenvalue weighted by atomic mass is 10.2. The molecule has 0 aliphatic carbocycles. The highest BCUT2D eigenvalue weighted by molar-refractivity contribution is 7.10. The maximum absolute atomic E-state index is 12.5. The van der Waals surface area contributed by atoms with Gasteiger partial charge in [0.2, 0.25) is 0 Å². The number of carbonyl (C=O) groups is 1. The first-order valence-electron chi connectivity index (χ1n) is 8.59. The van der Waals surface area contributed by atoms with Crippen LogP contribution >= 0.6 is 11.3 Å². The van der Waals surface area contributed by atoms with E-state index in [9.17, 15) is 4.79 Å². The zero-order valence-electron chi connectivity index (χ0n) is 14.0. The minimum Gasteiger partial charge on any atom is -0.373 e. The quantitative estimate of drug-likeness (QED) is 0.919. The minimum atomic E-state index is 0.0789. The summed E-state index contributed by atoms with van der Waals surface area (Å²) in [5.74, 6) is 0. The zero-order chi connectivity index (χ0) is 16.2. The summed E-state index contributed by atoms with van der Waals surface area (Å²) in [7, 11) is 0. The monoisotopic (exact) mass is 337 g/mol.